The van der Waals surface area contributed by atoms with Gasteiger partial charge in [0.15, 0.2) is 0 Å². The fraction of sp³-hybridized carbons (Fsp3) is 0.250. The lowest BCUT2D eigenvalue weighted by molar-refractivity contribution is 0.427. The first-order valence-electron chi connectivity index (χ1n) is 5.29. The SMILES string of the molecule is Cc1nnc(Oc2cccc(N)c2C)nc1C. The van der Waals surface area contributed by atoms with Crippen molar-refractivity contribution in [2.45, 2.75) is 20.8 Å². The van der Waals surface area contributed by atoms with Gasteiger partial charge in [0.25, 0.3) is 0 Å². The number of rotatable bonds is 2. The molecule has 88 valence electrons. The minimum atomic E-state index is 0.238. The van der Waals surface area contributed by atoms with E-state index in [0.29, 0.717) is 11.4 Å². The summed E-state index contributed by atoms with van der Waals surface area (Å²) >= 11 is 0. The fourth-order valence-electron chi connectivity index (χ4n) is 1.32. The third-order valence-corrected chi connectivity index (χ3v) is 2.60. The van der Waals surface area contributed by atoms with Crippen LogP contribution in [0.15, 0.2) is 18.2 Å². The lowest BCUT2D eigenvalue weighted by Crippen LogP contribution is -2.01. The second-order valence-electron chi connectivity index (χ2n) is 3.84. The lowest BCUT2D eigenvalue weighted by atomic mass is 10.2. The number of nitrogens with two attached hydrogens (primary N) is 1. The van der Waals surface area contributed by atoms with Crippen LogP contribution in [0.4, 0.5) is 5.69 Å². The van der Waals surface area contributed by atoms with E-state index in [-0.39, 0.29) is 6.01 Å². The van der Waals surface area contributed by atoms with Crippen LogP contribution in [0.25, 0.3) is 0 Å². The summed E-state index contributed by atoms with van der Waals surface area (Å²) in [5.74, 6) is 0.648. The fourth-order valence-corrected chi connectivity index (χ4v) is 1.32. The Labute approximate surface area is 99.7 Å². The molecule has 1 heterocycles. The maximum Gasteiger partial charge on any atom is 0.341 e. The molecule has 1 aromatic heterocycles. The molecule has 0 bridgehead atoms. The largest absolute Gasteiger partial charge is 0.423 e. The summed E-state index contributed by atoms with van der Waals surface area (Å²) in [5.41, 5.74) is 8.94. The van der Waals surface area contributed by atoms with Crippen LogP contribution in [-0.2, 0) is 0 Å². The highest BCUT2D eigenvalue weighted by molar-refractivity contribution is 5.53. The Morgan fingerprint density at radius 2 is 1.82 bits per heavy atom. The summed E-state index contributed by atoms with van der Waals surface area (Å²) < 4.78 is 5.56. The van der Waals surface area contributed by atoms with E-state index in [9.17, 15) is 0 Å². The maximum atomic E-state index is 5.79. The first-order valence-corrected chi connectivity index (χ1v) is 5.29. The number of benzene rings is 1. The Hall–Kier alpha value is -2.17. The minimum absolute atomic E-state index is 0.238. The van der Waals surface area contributed by atoms with Gasteiger partial charge in [-0.15, -0.1) is 5.10 Å². The van der Waals surface area contributed by atoms with Crippen molar-refractivity contribution in [3.05, 3.63) is 35.2 Å². The average molecular weight is 230 g/mol. The highest BCUT2D eigenvalue weighted by Crippen LogP contribution is 2.26. The van der Waals surface area contributed by atoms with E-state index in [2.05, 4.69) is 15.2 Å². The van der Waals surface area contributed by atoms with Gasteiger partial charge in [-0.2, -0.15) is 4.98 Å². The molecule has 0 saturated carbocycles. The number of aromatic nitrogens is 3. The second-order valence-corrected chi connectivity index (χ2v) is 3.84. The first-order chi connectivity index (χ1) is 8.08. The summed E-state index contributed by atoms with van der Waals surface area (Å²) in [6.07, 6.45) is 0. The topological polar surface area (TPSA) is 73.9 Å². The van der Waals surface area contributed by atoms with Crippen molar-refractivity contribution in [2.24, 2.45) is 0 Å². The van der Waals surface area contributed by atoms with E-state index in [4.69, 9.17) is 10.5 Å². The van der Waals surface area contributed by atoms with E-state index < -0.39 is 0 Å². The molecular formula is C12H14N4O. The molecule has 0 unspecified atom stereocenters. The number of ether oxygens (including phenoxy) is 1. The standard InChI is InChI=1S/C12H14N4O/c1-7-10(13)5-4-6-11(7)17-12-14-8(2)9(3)15-16-12/h4-6H,13H2,1-3H3. The van der Waals surface area contributed by atoms with Crippen molar-refractivity contribution in [3.8, 4) is 11.8 Å². The van der Waals surface area contributed by atoms with Crippen molar-refractivity contribution in [1.82, 2.24) is 15.2 Å². The van der Waals surface area contributed by atoms with Gasteiger partial charge in [0.2, 0.25) is 0 Å². The molecule has 5 nitrogen and oxygen atoms in total. The molecule has 0 aliphatic heterocycles. The molecule has 0 aliphatic carbocycles. The van der Waals surface area contributed by atoms with Gasteiger partial charge in [-0.05, 0) is 32.9 Å². The summed E-state index contributed by atoms with van der Waals surface area (Å²) in [6, 6.07) is 5.71. The number of nitrogens with zero attached hydrogens (tertiary/aromatic N) is 3. The van der Waals surface area contributed by atoms with Crippen LogP contribution in [0.3, 0.4) is 0 Å². The van der Waals surface area contributed by atoms with Crippen LogP contribution in [-0.4, -0.2) is 15.2 Å². The van der Waals surface area contributed by atoms with Crippen LogP contribution in [0.5, 0.6) is 11.8 Å². The molecule has 0 radical (unpaired) electrons. The summed E-state index contributed by atoms with van der Waals surface area (Å²) in [6.45, 7) is 5.60. The minimum Gasteiger partial charge on any atom is -0.423 e. The zero-order valence-corrected chi connectivity index (χ0v) is 10.1. The maximum absolute atomic E-state index is 5.79. The van der Waals surface area contributed by atoms with E-state index in [1.165, 1.54) is 0 Å². The Balaban J connectivity index is 2.31. The second kappa shape index (κ2) is 4.37. The zero-order valence-electron chi connectivity index (χ0n) is 10.1. The molecule has 2 rings (SSSR count). The number of nitrogen functional groups attached to an aromatic ring is 1. The monoisotopic (exact) mass is 230 g/mol. The predicted octanol–water partition coefficient (Wildman–Crippen LogP) is 2.17. The van der Waals surface area contributed by atoms with Crippen molar-refractivity contribution >= 4 is 5.69 Å². The molecule has 0 amide bonds. The molecule has 2 N–H and O–H groups in total. The van der Waals surface area contributed by atoms with Gasteiger partial charge in [0, 0.05) is 11.3 Å². The third kappa shape index (κ3) is 2.33. The molecule has 0 atom stereocenters. The Morgan fingerprint density at radius 1 is 1.06 bits per heavy atom. The number of anilines is 1. The van der Waals surface area contributed by atoms with Gasteiger partial charge in [0.1, 0.15) is 5.75 Å². The lowest BCUT2D eigenvalue weighted by Gasteiger charge is -2.08. The highest BCUT2D eigenvalue weighted by Gasteiger charge is 2.07. The van der Waals surface area contributed by atoms with Gasteiger partial charge in [-0.25, -0.2) is 0 Å². The normalized spacial score (nSPS) is 10.3. The van der Waals surface area contributed by atoms with Gasteiger partial charge in [-0.1, -0.05) is 11.2 Å². The number of hydrogen-bond donors (Lipinski definition) is 1. The third-order valence-electron chi connectivity index (χ3n) is 2.60. The van der Waals surface area contributed by atoms with Crippen LogP contribution in [0.1, 0.15) is 17.0 Å². The summed E-state index contributed by atoms with van der Waals surface area (Å²) in [7, 11) is 0. The van der Waals surface area contributed by atoms with Gasteiger partial charge >= 0.3 is 6.01 Å². The smallest absolute Gasteiger partial charge is 0.341 e. The van der Waals surface area contributed by atoms with E-state index >= 15 is 0 Å². The molecular weight excluding hydrogens is 216 g/mol. The van der Waals surface area contributed by atoms with Crippen molar-refractivity contribution in [3.63, 3.8) is 0 Å². The molecule has 0 aliphatic rings. The van der Waals surface area contributed by atoms with Crippen molar-refractivity contribution < 1.29 is 4.74 Å². The molecule has 1 aromatic carbocycles. The summed E-state index contributed by atoms with van der Waals surface area (Å²) in [4.78, 5) is 4.20. The molecule has 0 saturated heterocycles. The number of aryl methyl sites for hydroxylation is 2. The van der Waals surface area contributed by atoms with E-state index in [0.717, 1.165) is 17.0 Å². The molecule has 2 aromatic rings. The molecule has 5 heteroatoms. The van der Waals surface area contributed by atoms with Crippen LogP contribution in [0, 0.1) is 20.8 Å². The van der Waals surface area contributed by atoms with Crippen LogP contribution in [0.2, 0.25) is 0 Å². The average Bonchev–Trinajstić information content (AvgIpc) is 2.30. The Kier molecular flexibility index (Phi) is 2.91. The van der Waals surface area contributed by atoms with Gasteiger partial charge in [-0.3, -0.25) is 0 Å². The number of hydrogen-bond acceptors (Lipinski definition) is 5. The van der Waals surface area contributed by atoms with Crippen molar-refractivity contribution in [1.29, 1.82) is 0 Å². The predicted molar refractivity (Wildman–Crippen MR) is 65.0 cm³/mol. The van der Waals surface area contributed by atoms with E-state index in [1.54, 1.807) is 0 Å². The highest BCUT2D eigenvalue weighted by atomic mass is 16.5. The molecule has 0 fully saturated rings. The quantitative estimate of drug-likeness (QED) is 0.800. The first kappa shape index (κ1) is 11.3. The van der Waals surface area contributed by atoms with Gasteiger partial charge in [0.05, 0.1) is 11.4 Å². The molecule has 0 spiro atoms. The van der Waals surface area contributed by atoms with Crippen LogP contribution >= 0.6 is 0 Å². The Morgan fingerprint density at radius 3 is 2.53 bits per heavy atom. The Bertz CT molecular complexity index is 554. The molecule has 17 heavy (non-hydrogen) atoms. The van der Waals surface area contributed by atoms with Crippen molar-refractivity contribution in [2.75, 3.05) is 5.73 Å². The van der Waals surface area contributed by atoms with Crippen LogP contribution < -0.4 is 10.5 Å². The summed E-state index contributed by atoms with van der Waals surface area (Å²) in [5, 5.41) is 7.84. The van der Waals surface area contributed by atoms with E-state index in [1.807, 2.05) is 39.0 Å². The van der Waals surface area contributed by atoms with Gasteiger partial charge < -0.3 is 10.5 Å². The zero-order chi connectivity index (χ0) is 12.4.